The normalized spacial score (nSPS) is 20.8. The summed E-state index contributed by atoms with van der Waals surface area (Å²) in [5, 5.41) is 5.63. The van der Waals surface area contributed by atoms with Gasteiger partial charge in [0.15, 0.2) is 0 Å². The van der Waals surface area contributed by atoms with E-state index in [1.165, 1.54) is 0 Å². The van der Waals surface area contributed by atoms with E-state index < -0.39 is 5.92 Å². The highest BCUT2D eigenvalue weighted by Crippen LogP contribution is 2.37. The highest BCUT2D eigenvalue weighted by molar-refractivity contribution is 7.10. The van der Waals surface area contributed by atoms with Crippen LogP contribution in [-0.4, -0.2) is 12.0 Å². The van der Waals surface area contributed by atoms with Gasteiger partial charge >= 0.3 is 0 Å². The molecule has 0 saturated heterocycles. The lowest BCUT2D eigenvalue weighted by Gasteiger charge is -2.35. The second-order valence-corrected chi connectivity index (χ2v) is 5.01. The maximum absolute atomic E-state index is 12.5. The van der Waals surface area contributed by atoms with Crippen LogP contribution in [0.4, 0.5) is 8.78 Å². The van der Waals surface area contributed by atoms with E-state index in [0.29, 0.717) is 11.6 Å². The molecule has 5 heteroatoms. The van der Waals surface area contributed by atoms with Crippen molar-refractivity contribution >= 4 is 22.9 Å². The molecule has 1 aliphatic rings. The molecule has 1 N–H and O–H groups in total. The molecule has 1 saturated carbocycles. The third-order valence-electron chi connectivity index (χ3n) is 2.28. The van der Waals surface area contributed by atoms with Crippen molar-refractivity contribution in [1.82, 2.24) is 5.32 Å². The Morgan fingerprint density at radius 3 is 2.79 bits per heavy atom. The first-order valence-corrected chi connectivity index (χ1v) is 5.65. The van der Waals surface area contributed by atoms with Gasteiger partial charge < -0.3 is 5.32 Å². The molecule has 2 rings (SSSR count). The van der Waals surface area contributed by atoms with Crippen molar-refractivity contribution < 1.29 is 8.78 Å². The molecule has 1 aromatic rings. The van der Waals surface area contributed by atoms with Gasteiger partial charge in [-0.3, -0.25) is 0 Å². The summed E-state index contributed by atoms with van der Waals surface area (Å²) >= 11 is 7.28. The average molecular weight is 238 g/mol. The number of hydrogen-bond donors (Lipinski definition) is 1. The van der Waals surface area contributed by atoms with Gasteiger partial charge in [0.05, 0.1) is 5.02 Å². The zero-order valence-corrected chi connectivity index (χ0v) is 8.97. The summed E-state index contributed by atoms with van der Waals surface area (Å²) in [6.45, 7) is 0.637. The van der Waals surface area contributed by atoms with Crippen molar-refractivity contribution in [3.8, 4) is 0 Å². The summed E-state index contributed by atoms with van der Waals surface area (Å²) in [5.74, 6) is -2.44. The fraction of sp³-hybridized carbons (Fsp3) is 0.556. The van der Waals surface area contributed by atoms with Gasteiger partial charge in [0, 0.05) is 35.7 Å². The molecule has 0 radical (unpaired) electrons. The first-order chi connectivity index (χ1) is 6.55. The third kappa shape index (κ3) is 2.43. The highest BCUT2D eigenvalue weighted by Gasteiger charge is 2.44. The number of nitrogens with one attached hydrogen (secondary N) is 1. The molecule has 78 valence electrons. The number of rotatable bonds is 3. The molecule has 0 aromatic carbocycles. The lowest BCUT2D eigenvalue weighted by atomic mass is 9.88. The zero-order chi connectivity index (χ0) is 10.2. The van der Waals surface area contributed by atoms with Gasteiger partial charge in [-0.25, -0.2) is 8.78 Å². The lowest BCUT2D eigenvalue weighted by Crippen LogP contribution is -2.48. The van der Waals surface area contributed by atoms with E-state index in [2.05, 4.69) is 5.32 Å². The van der Waals surface area contributed by atoms with E-state index in [0.717, 1.165) is 4.88 Å². The maximum atomic E-state index is 12.5. The topological polar surface area (TPSA) is 12.0 Å². The van der Waals surface area contributed by atoms with Crippen LogP contribution in [0.2, 0.25) is 5.02 Å². The van der Waals surface area contributed by atoms with Gasteiger partial charge in [0.1, 0.15) is 0 Å². The summed E-state index contributed by atoms with van der Waals surface area (Å²) in [7, 11) is 0. The minimum atomic E-state index is -2.44. The maximum Gasteiger partial charge on any atom is 0.251 e. The number of alkyl halides is 2. The summed E-state index contributed by atoms with van der Waals surface area (Å²) in [6, 6.07) is 1.82. The van der Waals surface area contributed by atoms with Crippen molar-refractivity contribution in [1.29, 1.82) is 0 Å². The van der Waals surface area contributed by atoms with Crippen molar-refractivity contribution in [2.45, 2.75) is 31.4 Å². The molecule has 0 amide bonds. The van der Waals surface area contributed by atoms with Crippen molar-refractivity contribution in [2.24, 2.45) is 0 Å². The van der Waals surface area contributed by atoms with Gasteiger partial charge in [-0.15, -0.1) is 11.3 Å². The van der Waals surface area contributed by atoms with Crippen LogP contribution in [0.1, 0.15) is 17.7 Å². The van der Waals surface area contributed by atoms with Gasteiger partial charge in [0.2, 0.25) is 0 Å². The second-order valence-electron chi connectivity index (χ2n) is 3.57. The predicted molar refractivity (Wildman–Crippen MR) is 54.1 cm³/mol. The molecular formula is C9H10ClF2NS. The molecule has 1 aliphatic carbocycles. The summed E-state index contributed by atoms with van der Waals surface area (Å²) < 4.78 is 24.9. The average Bonchev–Trinajstić information content (AvgIpc) is 2.44. The van der Waals surface area contributed by atoms with Crippen molar-refractivity contribution in [2.75, 3.05) is 0 Å². The molecule has 0 unspecified atom stereocenters. The Morgan fingerprint density at radius 2 is 2.29 bits per heavy atom. The molecule has 1 nitrogen and oxygen atoms in total. The van der Waals surface area contributed by atoms with E-state index in [1.807, 2.05) is 11.4 Å². The summed E-state index contributed by atoms with van der Waals surface area (Å²) in [5.41, 5.74) is 0. The van der Waals surface area contributed by atoms with E-state index in [1.54, 1.807) is 11.3 Å². The Kier molecular flexibility index (Phi) is 2.77. The lowest BCUT2D eigenvalue weighted by molar-refractivity contribution is -0.0929. The fourth-order valence-electron chi connectivity index (χ4n) is 1.50. The molecular weight excluding hydrogens is 228 g/mol. The van der Waals surface area contributed by atoms with Gasteiger partial charge in [-0.1, -0.05) is 11.6 Å². The first-order valence-electron chi connectivity index (χ1n) is 4.39. The Morgan fingerprint density at radius 1 is 1.57 bits per heavy atom. The van der Waals surface area contributed by atoms with Crippen LogP contribution in [0, 0.1) is 0 Å². The summed E-state index contributed by atoms with van der Waals surface area (Å²) in [6.07, 6.45) is -0.0712. The molecule has 14 heavy (non-hydrogen) atoms. The SMILES string of the molecule is FC1(F)CC(NCc2cc(Cl)cs2)C1. The third-order valence-corrected chi connectivity index (χ3v) is 3.56. The van der Waals surface area contributed by atoms with Crippen LogP contribution in [0.15, 0.2) is 11.4 Å². The number of thiophene rings is 1. The minimum absolute atomic E-state index is 0.0356. The Balaban J connectivity index is 1.74. The quantitative estimate of drug-likeness (QED) is 0.851. The fourth-order valence-corrected chi connectivity index (χ4v) is 2.52. The van der Waals surface area contributed by atoms with Crippen LogP contribution < -0.4 is 5.32 Å². The Labute approximate surface area is 90.1 Å². The first kappa shape index (κ1) is 10.3. The standard InChI is InChI=1S/C9H10ClF2NS/c10-6-1-8(14-5-6)4-13-7-2-9(11,12)3-7/h1,5,7,13H,2-4H2. The van der Waals surface area contributed by atoms with Crippen LogP contribution in [0.3, 0.4) is 0 Å². The minimum Gasteiger partial charge on any atom is -0.309 e. The zero-order valence-electron chi connectivity index (χ0n) is 7.40. The molecule has 0 spiro atoms. The van der Waals surface area contributed by atoms with E-state index in [4.69, 9.17) is 11.6 Å². The Hall–Kier alpha value is -0.190. The summed E-state index contributed by atoms with van der Waals surface area (Å²) in [4.78, 5) is 1.09. The van der Waals surface area contributed by atoms with Gasteiger partial charge in [0.25, 0.3) is 5.92 Å². The number of halogens is 3. The van der Waals surface area contributed by atoms with Gasteiger partial charge in [-0.2, -0.15) is 0 Å². The predicted octanol–water partition coefficient (Wildman–Crippen LogP) is 3.29. The van der Waals surface area contributed by atoms with Crippen LogP contribution in [-0.2, 0) is 6.54 Å². The van der Waals surface area contributed by atoms with E-state index in [-0.39, 0.29) is 18.9 Å². The molecule has 0 atom stereocenters. The smallest absolute Gasteiger partial charge is 0.251 e. The molecule has 0 aliphatic heterocycles. The van der Waals surface area contributed by atoms with E-state index >= 15 is 0 Å². The monoisotopic (exact) mass is 237 g/mol. The van der Waals surface area contributed by atoms with Crippen molar-refractivity contribution in [3.63, 3.8) is 0 Å². The second kappa shape index (κ2) is 3.76. The largest absolute Gasteiger partial charge is 0.309 e. The molecule has 0 bridgehead atoms. The van der Waals surface area contributed by atoms with E-state index in [9.17, 15) is 8.78 Å². The van der Waals surface area contributed by atoms with Crippen LogP contribution in [0.5, 0.6) is 0 Å². The van der Waals surface area contributed by atoms with Crippen LogP contribution in [0.25, 0.3) is 0 Å². The molecule has 1 heterocycles. The van der Waals surface area contributed by atoms with Crippen molar-refractivity contribution in [3.05, 3.63) is 21.3 Å². The molecule has 1 fully saturated rings. The van der Waals surface area contributed by atoms with Gasteiger partial charge in [-0.05, 0) is 6.07 Å². The van der Waals surface area contributed by atoms with Crippen LogP contribution >= 0.6 is 22.9 Å². The Bertz CT molecular complexity index is 318. The number of hydrogen-bond acceptors (Lipinski definition) is 2. The highest BCUT2D eigenvalue weighted by atomic mass is 35.5. The molecule has 1 aromatic heterocycles.